The summed E-state index contributed by atoms with van der Waals surface area (Å²) < 4.78 is 4.95. The van der Waals surface area contributed by atoms with Crippen LogP contribution in [0.5, 0.6) is 0 Å². The van der Waals surface area contributed by atoms with Crippen LogP contribution in [0.25, 0.3) is 0 Å². The van der Waals surface area contributed by atoms with Crippen molar-refractivity contribution < 1.29 is 19.1 Å². The summed E-state index contributed by atoms with van der Waals surface area (Å²) in [7, 11) is 0. The molecule has 0 saturated carbocycles. The maximum atomic E-state index is 12.1. The standard InChI is InChI=1S/C17H18ClN3O4/c18-14-5-2-1-4-12(14)9-21-10-13(8-16(21)23)17(24)25-11-15(22)20-7-3-6-19/h1-2,4-5,13H,3,7-11H2,(H,20,22)/t13-/m1/s1. The predicted molar refractivity (Wildman–Crippen MR) is 89.2 cm³/mol. The Bertz CT molecular complexity index is 701. The monoisotopic (exact) mass is 363 g/mol. The Morgan fingerprint density at radius 1 is 1.40 bits per heavy atom. The number of amides is 2. The molecule has 132 valence electrons. The number of hydrogen-bond acceptors (Lipinski definition) is 5. The van der Waals surface area contributed by atoms with E-state index in [4.69, 9.17) is 21.6 Å². The number of likely N-dealkylation sites (tertiary alicyclic amines) is 1. The highest BCUT2D eigenvalue weighted by molar-refractivity contribution is 6.31. The minimum absolute atomic E-state index is 0.0549. The van der Waals surface area contributed by atoms with Gasteiger partial charge in [0, 0.05) is 31.1 Å². The van der Waals surface area contributed by atoms with Crippen LogP contribution in [0.1, 0.15) is 18.4 Å². The molecular weight excluding hydrogens is 346 g/mol. The lowest BCUT2D eigenvalue weighted by Gasteiger charge is -2.17. The lowest BCUT2D eigenvalue weighted by molar-refractivity contribution is -0.152. The second kappa shape index (κ2) is 9.04. The van der Waals surface area contributed by atoms with Gasteiger partial charge in [0.2, 0.25) is 5.91 Å². The van der Waals surface area contributed by atoms with E-state index in [1.54, 1.807) is 17.0 Å². The molecule has 1 fully saturated rings. The number of ether oxygens (including phenoxy) is 1. The molecule has 0 radical (unpaired) electrons. The van der Waals surface area contributed by atoms with Crippen molar-refractivity contribution in [3.63, 3.8) is 0 Å². The summed E-state index contributed by atoms with van der Waals surface area (Å²) in [5.74, 6) is -1.80. The fourth-order valence-electron chi connectivity index (χ4n) is 2.48. The lowest BCUT2D eigenvalue weighted by Crippen LogP contribution is -2.31. The van der Waals surface area contributed by atoms with E-state index in [1.807, 2.05) is 18.2 Å². The summed E-state index contributed by atoms with van der Waals surface area (Å²) in [4.78, 5) is 37.1. The number of nitrogens with zero attached hydrogens (tertiary/aromatic N) is 2. The quantitative estimate of drug-likeness (QED) is 0.580. The van der Waals surface area contributed by atoms with Gasteiger partial charge in [-0.1, -0.05) is 29.8 Å². The van der Waals surface area contributed by atoms with E-state index in [-0.39, 0.29) is 31.8 Å². The van der Waals surface area contributed by atoms with Crippen molar-refractivity contribution in [2.24, 2.45) is 5.92 Å². The van der Waals surface area contributed by atoms with Crippen LogP contribution >= 0.6 is 11.6 Å². The normalized spacial score (nSPS) is 16.4. The molecule has 2 amide bonds. The molecule has 0 spiro atoms. The Balaban J connectivity index is 1.81. The van der Waals surface area contributed by atoms with Crippen molar-refractivity contribution in [3.8, 4) is 6.07 Å². The molecule has 0 aromatic heterocycles. The minimum Gasteiger partial charge on any atom is -0.455 e. The maximum Gasteiger partial charge on any atom is 0.311 e. The van der Waals surface area contributed by atoms with Crippen LogP contribution in [0.2, 0.25) is 5.02 Å². The highest BCUT2D eigenvalue weighted by Crippen LogP contribution is 2.24. The molecule has 0 bridgehead atoms. The van der Waals surface area contributed by atoms with Gasteiger partial charge < -0.3 is 15.0 Å². The van der Waals surface area contributed by atoms with Crippen LogP contribution in [0.4, 0.5) is 0 Å². The van der Waals surface area contributed by atoms with Crippen LogP contribution in [0, 0.1) is 17.2 Å². The summed E-state index contributed by atoms with van der Waals surface area (Å²) in [6, 6.07) is 9.10. The van der Waals surface area contributed by atoms with Crippen molar-refractivity contribution in [3.05, 3.63) is 34.9 Å². The third-order valence-electron chi connectivity index (χ3n) is 3.77. The first-order chi connectivity index (χ1) is 12.0. The van der Waals surface area contributed by atoms with E-state index >= 15 is 0 Å². The maximum absolute atomic E-state index is 12.1. The van der Waals surface area contributed by atoms with E-state index < -0.39 is 24.4 Å². The summed E-state index contributed by atoms with van der Waals surface area (Å²) in [5, 5.41) is 11.4. The number of halogens is 1. The number of benzene rings is 1. The zero-order valence-corrected chi connectivity index (χ0v) is 14.3. The number of esters is 1. The predicted octanol–water partition coefficient (Wildman–Crippen LogP) is 1.26. The number of hydrogen-bond donors (Lipinski definition) is 1. The first kappa shape index (κ1) is 18.7. The molecule has 1 aromatic rings. The molecule has 1 aromatic carbocycles. The Hall–Kier alpha value is -2.59. The first-order valence-electron chi connectivity index (χ1n) is 7.82. The zero-order chi connectivity index (χ0) is 18.2. The Morgan fingerprint density at radius 3 is 2.88 bits per heavy atom. The minimum atomic E-state index is -0.595. The molecule has 1 atom stereocenters. The number of carbonyl (C=O) groups excluding carboxylic acids is 3. The van der Waals surface area contributed by atoms with Crippen LogP contribution < -0.4 is 5.32 Å². The molecule has 1 N–H and O–H groups in total. The van der Waals surface area contributed by atoms with E-state index in [9.17, 15) is 14.4 Å². The first-order valence-corrected chi connectivity index (χ1v) is 8.20. The van der Waals surface area contributed by atoms with Crippen molar-refractivity contribution in [2.45, 2.75) is 19.4 Å². The molecule has 7 nitrogen and oxygen atoms in total. The third-order valence-corrected chi connectivity index (χ3v) is 4.14. The van der Waals surface area contributed by atoms with Gasteiger partial charge in [0.15, 0.2) is 6.61 Å². The second-order valence-corrected chi connectivity index (χ2v) is 6.04. The van der Waals surface area contributed by atoms with Crippen LogP contribution in [0.15, 0.2) is 24.3 Å². The SMILES string of the molecule is N#CCCNC(=O)COC(=O)[C@@H]1CC(=O)N(Cc2ccccc2Cl)C1. The van der Waals surface area contributed by atoms with Gasteiger partial charge in [-0.2, -0.15) is 5.26 Å². The highest BCUT2D eigenvalue weighted by Gasteiger charge is 2.35. The fourth-order valence-corrected chi connectivity index (χ4v) is 2.67. The smallest absolute Gasteiger partial charge is 0.311 e. The fraction of sp³-hybridized carbons (Fsp3) is 0.412. The zero-order valence-electron chi connectivity index (χ0n) is 13.5. The van der Waals surface area contributed by atoms with E-state index in [1.165, 1.54) is 0 Å². The van der Waals surface area contributed by atoms with Gasteiger partial charge in [0.25, 0.3) is 5.91 Å². The van der Waals surface area contributed by atoms with Crippen LogP contribution in [-0.4, -0.2) is 42.4 Å². The third kappa shape index (κ3) is 5.47. The van der Waals surface area contributed by atoms with Crippen LogP contribution in [0.3, 0.4) is 0 Å². The number of rotatable bonds is 7. The van der Waals surface area contributed by atoms with Crippen molar-refractivity contribution in [1.29, 1.82) is 5.26 Å². The lowest BCUT2D eigenvalue weighted by atomic mass is 10.1. The summed E-state index contributed by atoms with van der Waals surface area (Å²) in [5.41, 5.74) is 0.809. The molecule has 1 aliphatic rings. The van der Waals surface area contributed by atoms with Crippen LogP contribution in [-0.2, 0) is 25.7 Å². The molecule has 0 unspecified atom stereocenters. The van der Waals surface area contributed by atoms with Gasteiger partial charge in [0.05, 0.1) is 18.4 Å². The second-order valence-electron chi connectivity index (χ2n) is 5.63. The van der Waals surface area contributed by atoms with Gasteiger partial charge in [0.1, 0.15) is 0 Å². The largest absolute Gasteiger partial charge is 0.455 e. The van der Waals surface area contributed by atoms with E-state index in [2.05, 4.69) is 5.32 Å². The van der Waals surface area contributed by atoms with Crippen molar-refractivity contribution >= 4 is 29.4 Å². The number of nitrogens with one attached hydrogen (secondary N) is 1. The van der Waals surface area contributed by atoms with Gasteiger partial charge in [-0.25, -0.2) is 0 Å². The molecule has 2 rings (SSSR count). The highest BCUT2D eigenvalue weighted by atomic mass is 35.5. The van der Waals surface area contributed by atoms with Crippen molar-refractivity contribution in [2.75, 3.05) is 19.7 Å². The summed E-state index contributed by atoms with van der Waals surface area (Å²) >= 11 is 6.09. The summed E-state index contributed by atoms with van der Waals surface area (Å²) in [6.07, 6.45) is 0.243. The average Bonchev–Trinajstić information content (AvgIpc) is 2.96. The molecule has 1 aliphatic heterocycles. The van der Waals surface area contributed by atoms with E-state index in [0.717, 1.165) is 5.56 Å². The Morgan fingerprint density at radius 2 is 2.16 bits per heavy atom. The topological polar surface area (TPSA) is 99.5 Å². The average molecular weight is 364 g/mol. The molecule has 1 heterocycles. The Kier molecular flexibility index (Phi) is 6.78. The van der Waals surface area contributed by atoms with Gasteiger partial charge in [-0.3, -0.25) is 14.4 Å². The molecule has 25 heavy (non-hydrogen) atoms. The molecule has 8 heteroatoms. The molecular formula is C17H18ClN3O4. The molecule has 1 saturated heterocycles. The van der Waals surface area contributed by atoms with Crippen molar-refractivity contribution in [1.82, 2.24) is 10.2 Å². The number of nitriles is 1. The summed E-state index contributed by atoms with van der Waals surface area (Å²) in [6.45, 7) is 0.357. The Labute approximate surface area is 150 Å². The van der Waals surface area contributed by atoms with E-state index in [0.29, 0.717) is 11.6 Å². The van der Waals surface area contributed by atoms with Gasteiger partial charge >= 0.3 is 5.97 Å². The molecule has 0 aliphatic carbocycles. The van der Waals surface area contributed by atoms with Gasteiger partial charge in [-0.05, 0) is 11.6 Å². The van der Waals surface area contributed by atoms with Gasteiger partial charge in [-0.15, -0.1) is 0 Å². The number of carbonyl (C=O) groups is 3.